The zero-order valence-corrected chi connectivity index (χ0v) is 11.2. The lowest BCUT2D eigenvalue weighted by molar-refractivity contribution is 0.700. The summed E-state index contributed by atoms with van der Waals surface area (Å²) in [6, 6.07) is 6.25. The van der Waals surface area contributed by atoms with Crippen LogP contribution in [0.25, 0.3) is 10.2 Å². The van der Waals surface area contributed by atoms with E-state index in [4.69, 9.17) is 5.73 Å². The minimum atomic E-state index is 0.625. The molecular formula is C12H12N4S2. The molecule has 1 aromatic carbocycles. The second-order valence-corrected chi connectivity index (χ2v) is 5.96. The molecule has 4 nitrogen and oxygen atoms in total. The molecule has 0 radical (unpaired) electrons. The predicted molar refractivity (Wildman–Crippen MR) is 76.7 cm³/mol. The predicted octanol–water partition coefficient (Wildman–Crippen LogP) is 2.62. The van der Waals surface area contributed by atoms with Crippen LogP contribution < -0.4 is 11.1 Å². The molecule has 0 spiro atoms. The van der Waals surface area contributed by atoms with Gasteiger partial charge in [0.1, 0.15) is 0 Å². The highest BCUT2D eigenvalue weighted by molar-refractivity contribution is 7.22. The lowest BCUT2D eigenvalue weighted by Gasteiger charge is -2.02. The first-order valence-corrected chi connectivity index (χ1v) is 7.24. The Bertz CT molecular complexity index is 645. The number of thiazole rings is 2. The van der Waals surface area contributed by atoms with Crippen molar-refractivity contribution >= 4 is 38.0 Å². The SMILES string of the molecule is Nc1nc2ccc(CNCc3cncs3)cc2s1. The fourth-order valence-corrected chi connectivity index (χ4v) is 3.12. The van der Waals surface area contributed by atoms with Gasteiger partial charge in [0.05, 0.1) is 15.7 Å². The summed E-state index contributed by atoms with van der Waals surface area (Å²) in [5.74, 6) is 0. The van der Waals surface area contributed by atoms with Crippen LogP contribution in [0.1, 0.15) is 10.4 Å². The highest BCUT2D eigenvalue weighted by atomic mass is 32.1. The molecule has 0 unspecified atom stereocenters. The molecule has 6 heteroatoms. The third-order valence-electron chi connectivity index (χ3n) is 2.58. The Morgan fingerprint density at radius 1 is 1.28 bits per heavy atom. The van der Waals surface area contributed by atoms with Gasteiger partial charge in [0, 0.05) is 24.2 Å². The van der Waals surface area contributed by atoms with E-state index in [0.717, 1.165) is 23.3 Å². The lowest BCUT2D eigenvalue weighted by atomic mass is 10.2. The molecule has 0 bridgehead atoms. The minimum Gasteiger partial charge on any atom is -0.375 e. The van der Waals surface area contributed by atoms with E-state index in [9.17, 15) is 0 Å². The van der Waals surface area contributed by atoms with E-state index in [1.807, 2.05) is 17.8 Å². The summed E-state index contributed by atoms with van der Waals surface area (Å²) in [5.41, 5.74) is 9.76. The number of nitrogens with two attached hydrogens (primary N) is 1. The van der Waals surface area contributed by atoms with E-state index in [1.54, 1.807) is 11.3 Å². The van der Waals surface area contributed by atoms with Crippen LogP contribution in [0.3, 0.4) is 0 Å². The molecule has 0 fully saturated rings. The Morgan fingerprint density at radius 3 is 3.06 bits per heavy atom. The van der Waals surface area contributed by atoms with Gasteiger partial charge in [-0.2, -0.15) is 0 Å². The molecule has 2 aromatic heterocycles. The molecule has 0 amide bonds. The van der Waals surface area contributed by atoms with Crippen molar-refractivity contribution in [1.29, 1.82) is 0 Å². The largest absolute Gasteiger partial charge is 0.375 e. The van der Waals surface area contributed by atoms with Gasteiger partial charge in [0.25, 0.3) is 0 Å². The zero-order valence-electron chi connectivity index (χ0n) is 9.59. The monoisotopic (exact) mass is 276 g/mol. The first-order chi connectivity index (χ1) is 8.81. The average Bonchev–Trinajstić information content (AvgIpc) is 2.96. The van der Waals surface area contributed by atoms with E-state index in [-0.39, 0.29) is 0 Å². The molecule has 3 N–H and O–H groups in total. The van der Waals surface area contributed by atoms with Gasteiger partial charge in [-0.3, -0.25) is 4.98 Å². The number of hydrogen-bond donors (Lipinski definition) is 2. The molecule has 0 aliphatic rings. The van der Waals surface area contributed by atoms with Gasteiger partial charge in [-0.1, -0.05) is 17.4 Å². The number of rotatable bonds is 4. The molecule has 18 heavy (non-hydrogen) atoms. The van der Waals surface area contributed by atoms with Crippen molar-refractivity contribution in [3.63, 3.8) is 0 Å². The fourth-order valence-electron chi connectivity index (χ4n) is 1.76. The Balaban J connectivity index is 1.67. The van der Waals surface area contributed by atoms with Gasteiger partial charge < -0.3 is 11.1 Å². The molecule has 92 valence electrons. The summed E-state index contributed by atoms with van der Waals surface area (Å²) in [5, 5.41) is 4.02. The summed E-state index contributed by atoms with van der Waals surface area (Å²) in [6.07, 6.45) is 1.89. The molecule has 0 saturated heterocycles. The Labute approximate surface area is 113 Å². The van der Waals surface area contributed by atoms with Crippen LogP contribution in [0.15, 0.2) is 29.9 Å². The molecule has 0 atom stereocenters. The van der Waals surface area contributed by atoms with Crippen molar-refractivity contribution in [3.8, 4) is 0 Å². The average molecular weight is 276 g/mol. The summed E-state index contributed by atoms with van der Waals surface area (Å²) in [4.78, 5) is 9.54. The number of fused-ring (bicyclic) bond motifs is 1. The van der Waals surface area contributed by atoms with Gasteiger partial charge in [0.15, 0.2) is 5.13 Å². The van der Waals surface area contributed by atoms with E-state index in [0.29, 0.717) is 5.13 Å². The van der Waals surface area contributed by atoms with Crippen LogP contribution in [0.5, 0.6) is 0 Å². The van der Waals surface area contributed by atoms with Gasteiger partial charge >= 0.3 is 0 Å². The second kappa shape index (κ2) is 5.01. The molecule has 3 rings (SSSR count). The van der Waals surface area contributed by atoms with Gasteiger partial charge in [0.2, 0.25) is 0 Å². The van der Waals surface area contributed by atoms with Gasteiger partial charge in [-0.25, -0.2) is 4.98 Å². The number of nitrogens with zero attached hydrogens (tertiary/aromatic N) is 2. The highest BCUT2D eigenvalue weighted by Gasteiger charge is 2.02. The van der Waals surface area contributed by atoms with Crippen LogP contribution in [0.2, 0.25) is 0 Å². The van der Waals surface area contributed by atoms with Gasteiger partial charge in [-0.15, -0.1) is 11.3 Å². The maximum atomic E-state index is 5.69. The molecular weight excluding hydrogens is 264 g/mol. The normalized spacial score (nSPS) is 11.1. The van der Waals surface area contributed by atoms with Crippen LogP contribution in [0, 0.1) is 0 Å². The van der Waals surface area contributed by atoms with Crippen LogP contribution >= 0.6 is 22.7 Å². The van der Waals surface area contributed by atoms with E-state index in [2.05, 4.69) is 27.4 Å². The molecule has 0 aliphatic carbocycles. The zero-order chi connectivity index (χ0) is 12.4. The number of nitrogen functional groups attached to an aromatic ring is 1. The summed E-state index contributed by atoms with van der Waals surface area (Å²) >= 11 is 3.19. The third kappa shape index (κ3) is 2.50. The Morgan fingerprint density at radius 2 is 2.22 bits per heavy atom. The summed E-state index contributed by atoms with van der Waals surface area (Å²) in [7, 11) is 0. The minimum absolute atomic E-state index is 0.625. The van der Waals surface area contributed by atoms with Crippen molar-refractivity contribution in [2.75, 3.05) is 5.73 Å². The van der Waals surface area contributed by atoms with Crippen molar-refractivity contribution in [2.45, 2.75) is 13.1 Å². The first kappa shape index (κ1) is 11.6. The highest BCUT2D eigenvalue weighted by Crippen LogP contribution is 2.24. The first-order valence-electron chi connectivity index (χ1n) is 5.54. The van der Waals surface area contributed by atoms with Gasteiger partial charge in [-0.05, 0) is 17.7 Å². The maximum Gasteiger partial charge on any atom is 0.181 e. The quantitative estimate of drug-likeness (QED) is 0.769. The summed E-state index contributed by atoms with van der Waals surface area (Å²) in [6.45, 7) is 1.69. The topological polar surface area (TPSA) is 63.8 Å². The smallest absolute Gasteiger partial charge is 0.181 e. The number of nitrogens with one attached hydrogen (secondary N) is 1. The number of hydrogen-bond acceptors (Lipinski definition) is 6. The van der Waals surface area contributed by atoms with Crippen molar-refractivity contribution < 1.29 is 0 Å². The molecule has 3 aromatic rings. The maximum absolute atomic E-state index is 5.69. The standard InChI is InChI=1S/C12H12N4S2/c13-12-16-10-2-1-8(3-11(10)18-12)4-14-5-9-6-15-7-17-9/h1-3,6-7,14H,4-5H2,(H2,13,16). The van der Waals surface area contributed by atoms with Crippen molar-refractivity contribution in [3.05, 3.63) is 40.3 Å². The van der Waals surface area contributed by atoms with E-state index >= 15 is 0 Å². The molecule has 2 heterocycles. The third-order valence-corrected chi connectivity index (χ3v) is 4.21. The lowest BCUT2D eigenvalue weighted by Crippen LogP contribution is -2.11. The van der Waals surface area contributed by atoms with Crippen molar-refractivity contribution in [1.82, 2.24) is 15.3 Å². The van der Waals surface area contributed by atoms with E-state index < -0.39 is 0 Å². The van der Waals surface area contributed by atoms with Crippen LogP contribution in [-0.4, -0.2) is 9.97 Å². The Hall–Kier alpha value is -1.50. The fraction of sp³-hybridized carbons (Fsp3) is 0.167. The van der Waals surface area contributed by atoms with Crippen LogP contribution in [-0.2, 0) is 13.1 Å². The second-order valence-electron chi connectivity index (χ2n) is 3.93. The number of aromatic nitrogens is 2. The number of benzene rings is 1. The Kier molecular flexibility index (Phi) is 3.22. The number of anilines is 1. The molecule has 0 saturated carbocycles. The van der Waals surface area contributed by atoms with E-state index in [1.165, 1.54) is 21.8 Å². The van der Waals surface area contributed by atoms with Crippen molar-refractivity contribution in [2.24, 2.45) is 0 Å². The van der Waals surface area contributed by atoms with Crippen LogP contribution in [0.4, 0.5) is 5.13 Å². The summed E-state index contributed by atoms with van der Waals surface area (Å²) < 4.78 is 1.14. The molecule has 0 aliphatic heterocycles.